The van der Waals surface area contributed by atoms with E-state index in [0.717, 1.165) is 0 Å². The highest BCUT2D eigenvalue weighted by Crippen LogP contribution is 2.29. The van der Waals surface area contributed by atoms with Crippen molar-refractivity contribution in [3.05, 3.63) is 59.0 Å². The zero-order valence-corrected chi connectivity index (χ0v) is 10.1. The largest absolute Gasteiger partial charge is 0.383 e. The van der Waals surface area contributed by atoms with Gasteiger partial charge in [0.15, 0.2) is 0 Å². The molecule has 0 saturated carbocycles. The highest BCUT2D eigenvalue weighted by atomic mass is 19.1. The van der Waals surface area contributed by atoms with Crippen molar-refractivity contribution in [3.8, 4) is 0 Å². The smallest absolute Gasteiger partial charge is 0.134 e. The minimum Gasteiger partial charge on any atom is -0.383 e. The number of pyridine rings is 1. The molecule has 3 nitrogen and oxygen atoms in total. The van der Waals surface area contributed by atoms with Gasteiger partial charge in [0.25, 0.3) is 0 Å². The van der Waals surface area contributed by atoms with Crippen LogP contribution in [0.5, 0.6) is 0 Å². The first-order chi connectivity index (χ1) is 9.04. The quantitative estimate of drug-likeness (QED) is 0.897. The van der Waals surface area contributed by atoms with Crippen LogP contribution >= 0.6 is 0 Å². The molecule has 1 atom stereocenters. The Kier molecular flexibility index (Phi) is 3.71. The third kappa shape index (κ3) is 2.53. The maximum absolute atomic E-state index is 13.8. The third-order valence-corrected chi connectivity index (χ3v) is 2.80. The second kappa shape index (κ2) is 5.27. The zero-order chi connectivity index (χ0) is 14.0. The Hall–Kier alpha value is -2.08. The van der Waals surface area contributed by atoms with Crippen LogP contribution in [0.2, 0.25) is 0 Å². The van der Waals surface area contributed by atoms with E-state index in [4.69, 9.17) is 5.73 Å². The second-order valence-corrected chi connectivity index (χ2v) is 3.98. The molecule has 2 aromatic rings. The molecule has 1 aromatic carbocycles. The van der Waals surface area contributed by atoms with Crippen molar-refractivity contribution in [3.63, 3.8) is 0 Å². The molecule has 100 valence electrons. The summed E-state index contributed by atoms with van der Waals surface area (Å²) in [6.45, 7) is 0. The number of nitrogens with zero attached hydrogens (tertiary/aromatic N) is 1. The van der Waals surface area contributed by atoms with Crippen molar-refractivity contribution >= 4 is 5.82 Å². The van der Waals surface area contributed by atoms with Crippen molar-refractivity contribution < 1.29 is 13.2 Å². The number of hydrogen-bond acceptors (Lipinski definition) is 3. The van der Waals surface area contributed by atoms with Crippen molar-refractivity contribution in [1.82, 2.24) is 10.3 Å². The lowest BCUT2D eigenvalue weighted by atomic mass is 9.98. The number of halogens is 3. The van der Waals surface area contributed by atoms with E-state index in [1.54, 1.807) is 12.1 Å². The number of hydrogen-bond donors (Lipinski definition) is 2. The van der Waals surface area contributed by atoms with Crippen molar-refractivity contribution in [1.29, 1.82) is 0 Å². The molecule has 6 heteroatoms. The van der Waals surface area contributed by atoms with Crippen LogP contribution < -0.4 is 11.1 Å². The van der Waals surface area contributed by atoms with Gasteiger partial charge in [-0.1, -0.05) is 6.07 Å². The Morgan fingerprint density at radius 1 is 1.21 bits per heavy atom. The molecule has 0 amide bonds. The second-order valence-electron chi connectivity index (χ2n) is 3.98. The van der Waals surface area contributed by atoms with Gasteiger partial charge >= 0.3 is 0 Å². The van der Waals surface area contributed by atoms with E-state index in [-0.39, 0.29) is 11.4 Å². The molecule has 2 rings (SSSR count). The summed E-state index contributed by atoms with van der Waals surface area (Å²) >= 11 is 0. The topological polar surface area (TPSA) is 50.9 Å². The standard InChI is InChI=1S/C13H12F3N3/c1-18-12(8-3-2-4-19-13(8)17)11-9(15)5-7(14)6-10(11)16/h2-6,12,18H,1H3,(H2,17,19). The molecular weight excluding hydrogens is 255 g/mol. The van der Waals surface area contributed by atoms with Crippen LogP contribution in [0.25, 0.3) is 0 Å². The lowest BCUT2D eigenvalue weighted by Crippen LogP contribution is -2.22. The van der Waals surface area contributed by atoms with E-state index in [1.807, 2.05) is 0 Å². The summed E-state index contributed by atoms with van der Waals surface area (Å²) in [5.41, 5.74) is 5.83. The maximum Gasteiger partial charge on any atom is 0.134 e. The van der Waals surface area contributed by atoms with Crippen LogP contribution in [0.15, 0.2) is 30.5 Å². The first-order valence-corrected chi connectivity index (χ1v) is 5.56. The average Bonchev–Trinajstić information content (AvgIpc) is 2.34. The Morgan fingerprint density at radius 3 is 2.37 bits per heavy atom. The monoisotopic (exact) mass is 267 g/mol. The Bertz CT molecular complexity index is 578. The number of benzene rings is 1. The van der Waals surface area contributed by atoms with Gasteiger partial charge in [0.1, 0.15) is 23.3 Å². The average molecular weight is 267 g/mol. The SMILES string of the molecule is CNC(c1cccnc1N)c1c(F)cc(F)cc1F. The first kappa shape index (κ1) is 13.4. The predicted molar refractivity (Wildman–Crippen MR) is 65.9 cm³/mol. The summed E-state index contributed by atoms with van der Waals surface area (Å²) in [4.78, 5) is 3.87. The van der Waals surface area contributed by atoms with Crippen LogP contribution in [0.4, 0.5) is 19.0 Å². The van der Waals surface area contributed by atoms with Gasteiger partial charge in [-0.3, -0.25) is 0 Å². The summed E-state index contributed by atoms with van der Waals surface area (Å²) in [6.07, 6.45) is 1.48. The summed E-state index contributed by atoms with van der Waals surface area (Å²) in [5.74, 6) is -2.75. The van der Waals surface area contributed by atoms with E-state index in [2.05, 4.69) is 10.3 Å². The summed E-state index contributed by atoms with van der Waals surface area (Å²) < 4.78 is 40.5. The minimum atomic E-state index is -0.972. The van der Waals surface area contributed by atoms with Gasteiger partial charge in [-0.2, -0.15) is 0 Å². The van der Waals surface area contributed by atoms with E-state index in [1.165, 1.54) is 13.2 Å². The minimum absolute atomic E-state index is 0.157. The van der Waals surface area contributed by atoms with Crippen LogP contribution in [-0.4, -0.2) is 12.0 Å². The van der Waals surface area contributed by atoms with Crippen LogP contribution in [0.1, 0.15) is 17.2 Å². The van der Waals surface area contributed by atoms with Crippen molar-refractivity contribution in [2.45, 2.75) is 6.04 Å². The molecule has 0 radical (unpaired) electrons. The van der Waals surface area contributed by atoms with Gasteiger partial charge in [-0.15, -0.1) is 0 Å². The van der Waals surface area contributed by atoms with Gasteiger partial charge < -0.3 is 11.1 Å². The van der Waals surface area contributed by atoms with Crippen LogP contribution in [0, 0.1) is 17.5 Å². The number of anilines is 1. The molecule has 3 N–H and O–H groups in total. The molecule has 0 bridgehead atoms. The Balaban J connectivity index is 2.58. The number of nitrogens with two attached hydrogens (primary N) is 1. The van der Waals surface area contributed by atoms with E-state index in [9.17, 15) is 13.2 Å². The van der Waals surface area contributed by atoms with E-state index >= 15 is 0 Å². The highest BCUT2D eigenvalue weighted by molar-refractivity contribution is 5.46. The Morgan fingerprint density at radius 2 is 1.84 bits per heavy atom. The van der Waals surface area contributed by atoms with Crippen molar-refractivity contribution in [2.24, 2.45) is 0 Å². The number of aromatic nitrogens is 1. The van der Waals surface area contributed by atoms with Crippen molar-refractivity contribution in [2.75, 3.05) is 12.8 Å². The molecule has 19 heavy (non-hydrogen) atoms. The first-order valence-electron chi connectivity index (χ1n) is 5.56. The number of nitrogens with one attached hydrogen (secondary N) is 1. The third-order valence-electron chi connectivity index (χ3n) is 2.80. The van der Waals surface area contributed by atoms with E-state index in [0.29, 0.717) is 17.7 Å². The van der Waals surface area contributed by atoms with Gasteiger partial charge in [-0.25, -0.2) is 18.2 Å². The molecule has 1 aromatic heterocycles. The number of nitrogen functional groups attached to an aromatic ring is 1. The summed E-state index contributed by atoms with van der Waals surface area (Å²) in [5, 5.41) is 2.75. The molecule has 0 aliphatic rings. The zero-order valence-electron chi connectivity index (χ0n) is 10.1. The van der Waals surface area contributed by atoms with Gasteiger partial charge in [-0.05, 0) is 13.1 Å². The molecule has 0 saturated heterocycles. The lowest BCUT2D eigenvalue weighted by Gasteiger charge is -2.19. The van der Waals surface area contributed by atoms with Gasteiger partial charge in [0.05, 0.1) is 6.04 Å². The van der Waals surface area contributed by atoms with E-state index < -0.39 is 23.5 Å². The molecule has 0 fully saturated rings. The summed E-state index contributed by atoms with van der Waals surface area (Å²) in [7, 11) is 1.53. The highest BCUT2D eigenvalue weighted by Gasteiger charge is 2.23. The van der Waals surface area contributed by atoms with Crippen LogP contribution in [-0.2, 0) is 0 Å². The maximum atomic E-state index is 13.8. The van der Waals surface area contributed by atoms with Gasteiger partial charge in [0, 0.05) is 29.5 Å². The fourth-order valence-corrected chi connectivity index (χ4v) is 1.96. The molecule has 0 aliphatic carbocycles. The molecule has 1 unspecified atom stereocenters. The molecule has 0 spiro atoms. The molecule has 1 heterocycles. The number of rotatable bonds is 3. The fourth-order valence-electron chi connectivity index (χ4n) is 1.96. The molecular formula is C13H12F3N3. The Labute approximate surface area is 108 Å². The van der Waals surface area contributed by atoms with Gasteiger partial charge in [0.2, 0.25) is 0 Å². The summed E-state index contributed by atoms with van der Waals surface area (Å²) in [6, 6.07) is 3.64. The molecule has 0 aliphatic heterocycles. The van der Waals surface area contributed by atoms with Crippen LogP contribution in [0.3, 0.4) is 0 Å². The fraction of sp³-hybridized carbons (Fsp3) is 0.154. The normalized spacial score (nSPS) is 12.4. The predicted octanol–water partition coefficient (Wildman–Crippen LogP) is 2.39. The lowest BCUT2D eigenvalue weighted by molar-refractivity contribution is 0.500.